The highest BCUT2D eigenvalue weighted by Crippen LogP contribution is 2.31. The Morgan fingerprint density at radius 3 is 1.52 bits per heavy atom. The highest BCUT2D eigenvalue weighted by atomic mass is 16.2. The average molecular weight is 335 g/mol. The molecule has 7 heteroatoms. The Morgan fingerprint density at radius 2 is 1.16 bits per heavy atom. The van der Waals surface area contributed by atoms with Crippen LogP contribution in [0.1, 0.15) is 6.92 Å². The Hall–Kier alpha value is -3.48. The van der Waals surface area contributed by atoms with Crippen LogP contribution in [0, 0.1) is 0 Å². The van der Waals surface area contributed by atoms with Gasteiger partial charge in [-0.05, 0) is 6.92 Å². The van der Waals surface area contributed by atoms with Gasteiger partial charge in [0.2, 0.25) is 0 Å². The molecule has 0 aliphatic heterocycles. The molecular weight excluding hydrogens is 322 g/mol. The smallest absolute Gasteiger partial charge is 0.263 e. The van der Waals surface area contributed by atoms with Crippen molar-refractivity contribution in [3.8, 4) is 0 Å². The third kappa shape index (κ3) is 1.64. The second-order valence-electron chi connectivity index (χ2n) is 5.89. The van der Waals surface area contributed by atoms with E-state index in [4.69, 9.17) is 11.5 Å². The molecule has 0 fully saturated rings. The van der Waals surface area contributed by atoms with Gasteiger partial charge >= 0.3 is 0 Å². The van der Waals surface area contributed by atoms with E-state index in [1.165, 1.54) is 12.1 Å². The van der Waals surface area contributed by atoms with Gasteiger partial charge < -0.3 is 11.5 Å². The molecule has 0 aliphatic carbocycles. The van der Waals surface area contributed by atoms with Crippen molar-refractivity contribution in [2.75, 3.05) is 11.5 Å². The second-order valence-corrected chi connectivity index (χ2v) is 5.89. The number of anilines is 2. The van der Waals surface area contributed by atoms with Crippen LogP contribution in [0.2, 0.25) is 0 Å². The number of hydrogen-bond donors (Lipinski definition) is 2. The highest BCUT2D eigenvalue weighted by molar-refractivity contribution is 6.20. The fourth-order valence-corrected chi connectivity index (χ4v) is 3.50. The summed E-state index contributed by atoms with van der Waals surface area (Å²) in [6, 6.07) is 6.31. The maximum absolute atomic E-state index is 12.9. The van der Waals surface area contributed by atoms with Crippen LogP contribution in [0.25, 0.3) is 32.3 Å². The van der Waals surface area contributed by atoms with Crippen LogP contribution in [-0.4, -0.2) is 4.57 Å². The van der Waals surface area contributed by atoms with E-state index in [0.29, 0.717) is 0 Å². The van der Waals surface area contributed by atoms with Gasteiger partial charge in [0.15, 0.2) is 10.9 Å². The quantitative estimate of drug-likeness (QED) is 0.295. The van der Waals surface area contributed by atoms with Crippen molar-refractivity contribution in [2.24, 2.45) is 0 Å². The second kappa shape index (κ2) is 4.76. The molecule has 124 valence electrons. The van der Waals surface area contributed by atoms with Crippen LogP contribution in [0.15, 0.2) is 43.4 Å². The average Bonchev–Trinajstić information content (AvgIpc) is 2.86. The molecule has 0 saturated carbocycles. The summed E-state index contributed by atoms with van der Waals surface area (Å²) in [4.78, 5) is 50.7. The Morgan fingerprint density at radius 1 is 0.760 bits per heavy atom. The van der Waals surface area contributed by atoms with E-state index in [9.17, 15) is 19.2 Å². The summed E-state index contributed by atoms with van der Waals surface area (Å²) in [7, 11) is 0. The summed E-state index contributed by atoms with van der Waals surface area (Å²) in [6.07, 6.45) is 0. The van der Waals surface area contributed by atoms with E-state index < -0.39 is 22.0 Å². The Kier molecular flexibility index (Phi) is 2.87. The zero-order valence-electron chi connectivity index (χ0n) is 13.3. The molecule has 25 heavy (non-hydrogen) atoms. The topological polar surface area (TPSA) is 125 Å². The van der Waals surface area contributed by atoms with Crippen molar-refractivity contribution >= 4 is 43.7 Å². The maximum atomic E-state index is 12.9. The van der Waals surface area contributed by atoms with Gasteiger partial charge in [-0.25, -0.2) is 0 Å². The van der Waals surface area contributed by atoms with E-state index in [2.05, 4.69) is 0 Å². The van der Waals surface area contributed by atoms with Crippen LogP contribution in [-0.2, 0) is 6.54 Å². The lowest BCUT2D eigenvalue weighted by atomic mass is 9.97. The number of nitrogen functional groups attached to an aromatic ring is 2. The molecule has 0 bridgehead atoms. The summed E-state index contributed by atoms with van der Waals surface area (Å²) in [5.41, 5.74) is 9.66. The maximum Gasteiger partial charge on any atom is 0.263 e. The lowest BCUT2D eigenvalue weighted by Crippen LogP contribution is -2.24. The molecule has 0 saturated heterocycles. The molecule has 1 heterocycles. The molecule has 0 radical (unpaired) electrons. The molecule has 0 amide bonds. The molecule has 3 aromatic carbocycles. The van der Waals surface area contributed by atoms with E-state index in [1.54, 1.807) is 19.1 Å². The van der Waals surface area contributed by atoms with Gasteiger partial charge in [0.1, 0.15) is 0 Å². The monoisotopic (exact) mass is 335 g/mol. The first-order chi connectivity index (χ1) is 11.9. The molecule has 1 aromatic heterocycles. The van der Waals surface area contributed by atoms with Crippen LogP contribution in [0.4, 0.5) is 11.4 Å². The first-order valence-electron chi connectivity index (χ1n) is 7.69. The standard InChI is InChI=1S/C18H13N3O4/c1-2-21-17(24)11-12(18(21)25)14(20)10-9(13(11)19)15(22)7-5-3-4-6-8(7)16(10)23/h3-6H,2,19-20H2,1H3. The number of aromatic nitrogens is 1. The van der Waals surface area contributed by atoms with Crippen molar-refractivity contribution in [1.82, 2.24) is 4.57 Å². The summed E-state index contributed by atoms with van der Waals surface area (Å²) < 4.78 is 0.991. The fourth-order valence-electron chi connectivity index (χ4n) is 3.50. The molecule has 0 aliphatic rings. The lowest BCUT2D eigenvalue weighted by molar-refractivity contribution is 0.722. The van der Waals surface area contributed by atoms with Crippen molar-refractivity contribution < 1.29 is 0 Å². The number of benzene rings is 3. The molecule has 0 unspecified atom stereocenters. The number of nitrogens with zero attached hydrogens (tertiary/aromatic N) is 1. The van der Waals surface area contributed by atoms with Gasteiger partial charge in [-0.15, -0.1) is 0 Å². The van der Waals surface area contributed by atoms with E-state index in [-0.39, 0.29) is 50.2 Å². The number of fused-ring (bicyclic) bond motifs is 3. The van der Waals surface area contributed by atoms with E-state index >= 15 is 0 Å². The Labute approximate surface area is 139 Å². The molecule has 7 nitrogen and oxygen atoms in total. The lowest BCUT2D eigenvalue weighted by Gasteiger charge is -2.07. The molecule has 4 rings (SSSR count). The van der Waals surface area contributed by atoms with Gasteiger partial charge in [0.05, 0.1) is 32.9 Å². The van der Waals surface area contributed by atoms with Crippen molar-refractivity contribution in [2.45, 2.75) is 13.5 Å². The minimum atomic E-state index is -0.603. The summed E-state index contributed by atoms with van der Waals surface area (Å²) in [5, 5.41) is 0.0238. The molecular formula is C18H13N3O4. The van der Waals surface area contributed by atoms with Crippen molar-refractivity contribution in [3.63, 3.8) is 0 Å². The number of rotatable bonds is 1. The summed E-state index contributed by atoms with van der Waals surface area (Å²) in [5.74, 6) is 0. The van der Waals surface area contributed by atoms with Crippen molar-refractivity contribution in [1.29, 1.82) is 0 Å². The largest absolute Gasteiger partial charge is 0.397 e. The molecule has 4 N–H and O–H groups in total. The number of nitrogens with two attached hydrogens (primary N) is 2. The van der Waals surface area contributed by atoms with Gasteiger partial charge in [-0.1, -0.05) is 24.3 Å². The first kappa shape index (κ1) is 15.1. The predicted octanol–water partition coefficient (Wildman–Crippen LogP) is 0.448. The minimum Gasteiger partial charge on any atom is -0.397 e. The zero-order valence-corrected chi connectivity index (χ0v) is 13.3. The van der Waals surface area contributed by atoms with Crippen molar-refractivity contribution in [3.05, 3.63) is 65.4 Å². The summed E-state index contributed by atoms with van der Waals surface area (Å²) in [6.45, 7) is 1.78. The third-order valence-electron chi connectivity index (χ3n) is 4.68. The molecule has 4 aromatic rings. The predicted molar refractivity (Wildman–Crippen MR) is 98.9 cm³/mol. The number of hydrogen-bond acceptors (Lipinski definition) is 6. The van der Waals surface area contributed by atoms with E-state index in [1.807, 2.05) is 0 Å². The van der Waals surface area contributed by atoms with Crippen LogP contribution < -0.4 is 33.4 Å². The zero-order chi connectivity index (χ0) is 18.0. The molecule has 0 spiro atoms. The van der Waals surface area contributed by atoms with Crippen LogP contribution in [0.3, 0.4) is 0 Å². The normalized spacial score (nSPS) is 11.7. The van der Waals surface area contributed by atoms with Gasteiger partial charge in [-0.3, -0.25) is 23.7 Å². The summed E-state index contributed by atoms with van der Waals surface area (Å²) >= 11 is 0. The van der Waals surface area contributed by atoms with Crippen LogP contribution in [0.5, 0.6) is 0 Å². The van der Waals surface area contributed by atoms with Crippen LogP contribution >= 0.6 is 0 Å². The minimum absolute atomic E-state index is 0.0939. The molecule has 0 atom stereocenters. The van der Waals surface area contributed by atoms with Gasteiger partial charge in [0, 0.05) is 17.3 Å². The fraction of sp³-hybridized carbons (Fsp3) is 0.111. The Bertz CT molecular complexity index is 1320. The SMILES string of the molecule is CCn1c(=O)c2c(N)c3c(=O)c4ccccc4c(=O)c3c(N)c2c1=O. The Balaban J connectivity index is 2.51. The third-order valence-corrected chi connectivity index (χ3v) is 4.68. The van der Waals surface area contributed by atoms with Gasteiger partial charge in [-0.2, -0.15) is 0 Å². The highest BCUT2D eigenvalue weighted by Gasteiger charge is 2.24. The van der Waals surface area contributed by atoms with E-state index in [0.717, 1.165) is 4.57 Å². The first-order valence-corrected chi connectivity index (χ1v) is 7.69. The van der Waals surface area contributed by atoms with Gasteiger partial charge in [0.25, 0.3) is 11.1 Å².